The van der Waals surface area contributed by atoms with Crippen molar-refractivity contribution in [1.29, 1.82) is 0 Å². The van der Waals surface area contributed by atoms with Gasteiger partial charge >= 0.3 is 0 Å². The summed E-state index contributed by atoms with van der Waals surface area (Å²) in [4.78, 5) is 0. The number of aliphatic hydroxyl groups is 1. The van der Waals surface area contributed by atoms with E-state index in [0.29, 0.717) is 12.2 Å². The number of halogens is 1. The molecule has 0 amide bonds. The third kappa shape index (κ3) is 2.43. The highest BCUT2D eigenvalue weighted by Crippen LogP contribution is 2.44. The Morgan fingerprint density at radius 3 is 2.35 bits per heavy atom. The lowest BCUT2D eigenvalue weighted by Gasteiger charge is -2.17. The maximum absolute atomic E-state index is 10.0. The third-order valence-electron chi connectivity index (χ3n) is 3.30. The molecule has 17 heavy (non-hydrogen) atoms. The molecule has 2 rings (SSSR count). The van der Waals surface area contributed by atoms with Crippen LogP contribution in [0.3, 0.4) is 0 Å². The summed E-state index contributed by atoms with van der Waals surface area (Å²) in [7, 11) is 3.25. The molecule has 0 heterocycles. The molecule has 0 radical (unpaired) electrons. The second kappa shape index (κ2) is 4.50. The summed E-state index contributed by atoms with van der Waals surface area (Å²) in [6.45, 7) is 1.99. The molecule has 0 bridgehead atoms. The van der Waals surface area contributed by atoms with Gasteiger partial charge in [0.25, 0.3) is 0 Å². The van der Waals surface area contributed by atoms with Crippen LogP contribution >= 0.6 is 15.9 Å². The zero-order valence-electron chi connectivity index (χ0n) is 10.3. The summed E-state index contributed by atoms with van der Waals surface area (Å²) in [6, 6.07) is 2.01. The quantitative estimate of drug-likeness (QED) is 0.929. The van der Waals surface area contributed by atoms with Gasteiger partial charge in [-0.1, -0.05) is 0 Å². The van der Waals surface area contributed by atoms with E-state index in [2.05, 4.69) is 15.9 Å². The summed E-state index contributed by atoms with van der Waals surface area (Å²) in [5.41, 5.74) is 1.64. The monoisotopic (exact) mass is 300 g/mol. The minimum Gasteiger partial charge on any atom is -0.493 e. The van der Waals surface area contributed by atoms with Crippen LogP contribution in [0.5, 0.6) is 11.5 Å². The Morgan fingerprint density at radius 2 is 1.88 bits per heavy atom. The molecule has 1 aliphatic carbocycles. The molecular formula is C13H17BrO3. The Labute approximate surface area is 110 Å². The highest BCUT2D eigenvalue weighted by Gasteiger charge is 2.40. The van der Waals surface area contributed by atoms with Gasteiger partial charge in [-0.2, -0.15) is 0 Å². The van der Waals surface area contributed by atoms with Crippen molar-refractivity contribution in [2.45, 2.75) is 31.8 Å². The largest absolute Gasteiger partial charge is 0.493 e. The lowest BCUT2D eigenvalue weighted by atomic mass is 10.00. The van der Waals surface area contributed by atoms with Crippen molar-refractivity contribution in [2.75, 3.05) is 14.2 Å². The molecule has 3 nitrogen and oxygen atoms in total. The van der Waals surface area contributed by atoms with Crippen molar-refractivity contribution in [3.05, 3.63) is 21.7 Å². The van der Waals surface area contributed by atoms with Crippen molar-refractivity contribution >= 4 is 15.9 Å². The van der Waals surface area contributed by atoms with E-state index in [1.165, 1.54) is 0 Å². The SMILES string of the molecule is COc1c(Br)cc(CC2(O)CC2)c(C)c1OC. The van der Waals surface area contributed by atoms with Gasteiger partial charge < -0.3 is 14.6 Å². The number of methoxy groups -OCH3 is 2. The van der Waals surface area contributed by atoms with Crippen molar-refractivity contribution < 1.29 is 14.6 Å². The summed E-state index contributed by atoms with van der Waals surface area (Å²) in [5, 5.41) is 10.0. The van der Waals surface area contributed by atoms with Gasteiger partial charge in [0.05, 0.1) is 24.3 Å². The average molecular weight is 301 g/mol. The van der Waals surface area contributed by atoms with Crippen LogP contribution in [-0.2, 0) is 6.42 Å². The Morgan fingerprint density at radius 1 is 1.29 bits per heavy atom. The first kappa shape index (κ1) is 12.7. The zero-order chi connectivity index (χ0) is 12.6. The Bertz CT molecular complexity index is 439. The summed E-state index contributed by atoms with van der Waals surface area (Å²) in [6.07, 6.45) is 2.45. The highest BCUT2D eigenvalue weighted by atomic mass is 79.9. The fourth-order valence-corrected chi connectivity index (χ4v) is 2.66. The van der Waals surface area contributed by atoms with Gasteiger partial charge in [0, 0.05) is 6.42 Å². The predicted molar refractivity (Wildman–Crippen MR) is 69.9 cm³/mol. The molecule has 4 heteroatoms. The van der Waals surface area contributed by atoms with E-state index in [0.717, 1.165) is 34.2 Å². The van der Waals surface area contributed by atoms with Crippen molar-refractivity contribution in [3.63, 3.8) is 0 Å². The highest BCUT2D eigenvalue weighted by molar-refractivity contribution is 9.10. The minimum absolute atomic E-state index is 0.496. The van der Waals surface area contributed by atoms with Crippen LogP contribution in [0.2, 0.25) is 0 Å². The number of hydrogen-bond acceptors (Lipinski definition) is 3. The summed E-state index contributed by atoms with van der Waals surface area (Å²) >= 11 is 3.47. The second-order valence-electron chi connectivity index (χ2n) is 4.61. The second-order valence-corrected chi connectivity index (χ2v) is 5.46. The Kier molecular flexibility index (Phi) is 3.36. The van der Waals surface area contributed by atoms with E-state index in [4.69, 9.17) is 9.47 Å². The number of rotatable bonds is 4. The van der Waals surface area contributed by atoms with Gasteiger partial charge in [0.1, 0.15) is 0 Å². The molecule has 0 aromatic heterocycles. The van der Waals surface area contributed by atoms with Crippen LogP contribution in [0, 0.1) is 6.92 Å². The van der Waals surface area contributed by atoms with E-state index in [9.17, 15) is 5.11 Å². The van der Waals surface area contributed by atoms with Crippen molar-refractivity contribution in [2.24, 2.45) is 0 Å². The smallest absolute Gasteiger partial charge is 0.175 e. The molecule has 94 valence electrons. The van der Waals surface area contributed by atoms with Crippen molar-refractivity contribution in [1.82, 2.24) is 0 Å². The lowest BCUT2D eigenvalue weighted by molar-refractivity contribution is 0.150. The first-order valence-electron chi connectivity index (χ1n) is 5.63. The van der Waals surface area contributed by atoms with Gasteiger partial charge in [-0.3, -0.25) is 0 Å². The average Bonchev–Trinajstić information content (AvgIpc) is 3.00. The summed E-state index contributed by atoms with van der Waals surface area (Å²) < 4.78 is 11.6. The Hall–Kier alpha value is -0.740. The molecule has 1 aliphatic rings. The maximum atomic E-state index is 10.0. The minimum atomic E-state index is -0.496. The maximum Gasteiger partial charge on any atom is 0.175 e. The fourth-order valence-electron chi connectivity index (χ4n) is 2.05. The fraction of sp³-hybridized carbons (Fsp3) is 0.538. The van der Waals surface area contributed by atoms with Crippen LogP contribution in [0.15, 0.2) is 10.5 Å². The Balaban J connectivity index is 2.43. The summed E-state index contributed by atoms with van der Waals surface area (Å²) in [5.74, 6) is 1.44. The van der Waals surface area contributed by atoms with E-state index < -0.39 is 5.60 Å². The zero-order valence-corrected chi connectivity index (χ0v) is 11.9. The van der Waals surface area contributed by atoms with E-state index in [1.54, 1.807) is 14.2 Å². The lowest BCUT2D eigenvalue weighted by Crippen LogP contribution is -2.12. The topological polar surface area (TPSA) is 38.7 Å². The molecule has 0 saturated heterocycles. The first-order valence-corrected chi connectivity index (χ1v) is 6.42. The molecule has 1 N–H and O–H groups in total. The molecule has 0 aliphatic heterocycles. The molecule has 0 unspecified atom stereocenters. The van der Waals surface area contributed by atoms with Gasteiger partial charge in [-0.25, -0.2) is 0 Å². The normalized spacial score (nSPS) is 16.8. The number of ether oxygens (including phenoxy) is 2. The van der Waals surface area contributed by atoms with E-state index >= 15 is 0 Å². The molecule has 0 atom stereocenters. The van der Waals surface area contributed by atoms with Gasteiger partial charge in [-0.05, 0) is 52.9 Å². The standard InChI is InChI=1S/C13H17BrO3/c1-8-9(7-13(15)4-5-13)6-10(14)12(17-3)11(8)16-2/h6,15H,4-5,7H2,1-3H3. The molecule has 1 saturated carbocycles. The van der Waals surface area contributed by atoms with E-state index in [1.807, 2.05) is 13.0 Å². The number of hydrogen-bond donors (Lipinski definition) is 1. The van der Waals surface area contributed by atoms with Gasteiger partial charge in [0.2, 0.25) is 0 Å². The van der Waals surface area contributed by atoms with Crippen LogP contribution in [-0.4, -0.2) is 24.9 Å². The molecular weight excluding hydrogens is 284 g/mol. The molecule has 1 aromatic rings. The van der Waals surface area contributed by atoms with Crippen molar-refractivity contribution in [3.8, 4) is 11.5 Å². The van der Waals surface area contributed by atoms with Crippen LogP contribution in [0.1, 0.15) is 24.0 Å². The molecule has 1 aromatic carbocycles. The van der Waals surface area contributed by atoms with Gasteiger partial charge in [0.15, 0.2) is 11.5 Å². The third-order valence-corrected chi connectivity index (χ3v) is 3.89. The van der Waals surface area contributed by atoms with Crippen LogP contribution in [0.25, 0.3) is 0 Å². The van der Waals surface area contributed by atoms with Gasteiger partial charge in [-0.15, -0.1) is 0 Å². The van der Waals surface area contributed by atoms with Crippen LogP contribution in [0.4, 0.5) is 0 Å². The molecule has 1 fully saturated rings. The number of benzene rings is 1. The predicted octanol–water partition coefficient (Wildman–Crippen LogP) is 2.84. The van der Waals surface area contributed by atoms with E-state index in [-0.39, 0.29) is 0 Å². The first-order chi connectivity index (χ1) is 8.00. The van der Waals surface area contributed by atoms with Crippen LogP contribution < -0.4 is 9.47 Å². The molecule has 0 spiro atoms.